The summed E-state index contributed by atoms with van der Waals surface area (Å²) < 4.78 is 0. The minimum absolute atomic E-state index is 0.437. The average Bonchev–Trinajstić information content (AvgIpc) is 2.75. The highest BCUT2D eigenvalue weighted by molar-refractivity contribution is 7.11. The van der Waals surface area contributed by atoms with Gasteiger partial charge in [-0.1, -0.05) is 33.1 Å². The largest absolute Gasteiger partial charge is 0.245 e. The molecule has 0 aromatic carbocycles. The van der Waals surface area contributed by atoms with Gasteiger partial charge in [0.2, 0.25) is 0 Å². The van der Waals surface area contributed by atoms with Gasteiger partial charge in [-0.2, -0.15) is 5.26 Å². The second kappa shape index (κ2) is 5.64. The van der Waals surface area contributed by atoms with E-state index in [0.717, 1.165) is 5.69 Å². The van der Waals surface area contributed by atoms with Crippen molar-refractivity contribution in [1.82, 2.24) is 4.98 Å². The maximum Gasteiger partial charge on any atom is 0.0962 e. The maximum absolute atomic E-state index is 8.87. The number of thiazole rings is 1. The molecule has 0 N–H and O–H groups in total. The van der Waals surface area contributed by atoms with E-state index >= 15 is 0 Å². The zero-order chi connectivity index (χ0) is 12.3. The Morgan fingerprint density at radius 3 is 2.65 bits per heavy atom. The lowest BCUT2D eigenvalue weighted by Gasteiger charge is -2.19. The number of nitrogens with zero attached hydrogens (tertiary/aromatic N) is 2. The Balaban J connectivity index is 2.23. The zero-order valence-corrected chi connectivity index (χ0v) is 11.5. The number of hydrogen-bond donors (Lipinski definition) is 0. The van der Waals surface area contributed by atoms with Crippen LogP contribution in [0.4, 0.5) is 0 Å². The van der Waals surface area contributed by atoms with Crippen LogP contribution >= 0.6 is 11.3 Å². The van der Waals surface area contributed by atoms with Gasteiger partial charge in [-0.15, -0.1) is 11.3 Å². The monoisotopic (exact) mass is 248 g/mol. The van der Waals surface area contributed by atoms with E-state index in [1.54, 1.807) is 11.3 Å². The van der Waals surface area contributed by atoms with Gasteiger partial charge in [0.05, 0.1) is 23.2 Å². The second-order valence-corrected chi connectivity index (χ2v) is 6.30. The highest BCUT2D eigenvalue weighted by Crippen LogP contribution is 2.37. The topological polar surface area (TPSA) is 36.7 Å². The zero-order valence-electron chi connectivity index (χ0n) is 10.7. The summed E-state index contributed by atoms with van der Waals surface area (Å²) in [6, 6.07) is 2.27. The standard InChI is InChI=1S/C14H20N2S/c1-10(2)13-12(8-9-15)17-14(16-13)11-6-4-3-5-7-11/h10-11H,3-8H2,1-2H3. The summed E-state index contributed by atoms with van der Waals surface area (Å²) in [4.78, 5) is 6.02. The predicted octanol–water partition coefficient (Wildman–Crippen LogP) is 4.38. The molecule has 1 aliphatic carbocycles. The van der Waals surface area contributed by atoms with Crippen LogP contribution in [0, 0.1) is 11.3 Å². The lowest BCUT2D eigenvalue weighted by molar-refractivity contribution is 0.441. The minimum Gasteiger partial charge on any atom is -0.245 e. The van der Waals surface area contributed by atoms with Gasteiger partial charge in [-0.05, 0) is 18.8 Å². The fourth-order valence-electron chi connectivity index (χ4n) is 2.56. The van der Waals surface area contributed by atoms with E-state index in [9.17, 15) is 0 Å². The number of nitriles is 1. The fraction of sp³-hybridized carbons (Fsp3) is 0.714. The van der Waals surface area contributed by atoms with E-state index < -0.39 is 0 Å². The van der Waals surface area contributed by atoms with Crippen molar-refractivity contribution in [1.29, 1.82) is 5.26 Å². The van der Waals surface area contributed by atoms with Gasteiger partial charge >= 0.3 is 0 Å². The SMILES string of the molecule is CC(C)c1nc(C2CCCCC2)sc1CC#N. The summed E-state index contributed by atoms with van der Waals surface area (Å²) in [5.41, 5.74) is 1.16. The lowest BCUT2D eigenvalue weighted by atomic mass is 9.90. The van der Waals surface area contributed by atoms with Crippen LogP contribution in [0.15, 0.2) is 0 Å². The molecule has 1 saturated carbocycles. The third kappa shape index (κ3) is 2.87. The van der Waals surface area contributed by atoms with E-state index in [4.69, 9.17) is 10.2 Å². The number of hydrogen-bond acceptors (Lipinski definition) is 3. The molecule has 0 bridgehead atoms. The summed E-state index contributed by atoms with van der Waals surface area (Å²) in [5.74, 6) is 1.10. The molecule has 1 heterocycles. The molecule has 0 unspecified atom stereocenters. The molecule has 2 nitrogen and oxygen atoms in total. The van der Waals surface area contributed by atoms with Gasteiger partial charge in [0, 0.05) is 10.8 Å². The summed E-state index contributed by atoms with van der Waals surface area (Å²) >= 11 is 1.79. The first-order valence-corrected chi connectivity index (χ1v) is 7.40. The van der Waals surface area contributed by atoms with Gasteiger partial charge in [-0.25, -0.2) is 4.98 Å². The average molecular weight is 248 g/mol. The van der Waals surface area contributed by atoms with Crippen LogP contribution < -0.4 is 0 Å². The molecule has 2 rings (SSSR count). The van der Waals surface area contributed by atoms with Crippen LogP contribution in [0.1, 0.15) is 73.4 Å². The second-order valence-electron chi connectivity index (χ2n) is 5.19. The van der Waals surface area contributed by atoms with Crippen molar-refractivity contribution in [2.45, 2.75) is 64.2 Å². The molecule has 1 aliphatic rings. The minimum atomic E-state index is 0.437. The van der Waals surface area contributed by atoms with Gasteiger partial charge in [0.25, 0.3) is 0 Å². The molecular weight excluding hydrogens is 228 g/mol. The first-order valence-electron chi connectivity index (χ1n) is 6.58. The van der Waals surface area contributed by atoms with Crippen LogP contribution in [-0.2, 0) is 6.42 Å². The van der Waals surface area contributed by atoms with Gasteiger partial charge in [-0.3, -0.25) is 0 Å². The summed E-state index contributed by atoms with van der Waals surface area (Å²) in [5, 5.41) is 10.2. The van der Waals surface area contributed by atoms with Crippen molar-refractivity contribution in [2.75, 3.05) is 0 Å². The molecule has 0 spiro atoms. The van der Waals surface area contributed by atoms with Crippen molar-refractivity contribution >= 4 is 11.3 Å². The fourth-order valence-corrected chi connectivity index (χ4v) is 3.88. The molecular formula is C14H20N2S. The number of rotatable bonds is 3. The van der Waals surface area contributed by atoms with E-state index in [-0.39, 0.29) is 0 Å². The van der Waals surface area contributed by atoms with Crippen LogP contribution in [0.5, 0.6) is 0 Å². The highest BCUT2D eigenvalue weighted by Gasteiger charge is 2.22. The van der Waals surface area contributed by atoms with Gasteiger partial charge in [0.1, 0.15) is 0 Å². The molecule has 1 aromatic heterocycles. The van der Waals surface area contributed by atoms with Gasteiger partial charge in [0.15, 0.2) is 0 Å². The Kier molecular flexibility index (Phi) is 4.17. The van der Waals surface area contributed by atoms with Crippen LogP contribution in [0.2, 0.25) is 0 Å². The highest BCUT2D eigenvalue weighted by atomic mass is 32.1. The van der Waals surface area contributed by atoms with Gasteiger partial charge < -0.3 is 0 Å². The molecule has 0 atom stereocenters. The quantitative estimate of drug-likeness (QED) is 0.796. The number of aromatic nitrogens is 1. The molecule has 1 fully saturated rings. The van der Waals surface area contributed by atoms with Crippen molar-refractivity contribution in [3.05, 3.63) is 15.6 Å². The third-order valence-electron chi connectivity index (χ3n) is 3.49. The van der Waals surface area contributed by atoms with E-state index in [2.05, 4.69) is 19.9 Å². The molecule has 3 heteroatoms. The first kappa shape index (κ1) is 12.6. The first-order chi connectivity index (χ1) is 8.22. The van der Waals surface area contributed by atoms with Crippen LogP contribution in [0.25, 0.3) is 0 Å². The molecule has 1 aromatic rings. The Labute approximate surface area is 108 Å². The predicted molar refractivity (Wildman–Crippen MR) is 71.3 cm³/mol. The lowest BCUT2D eigenvalue weighted by Crippen LogP contribution is -2.04. The normalized spacial score (nSPS) is 17.3. The molecule has 92 valence electrons. The van der Waals surface area contributed by atoms with E-state index in [1.807, 2.05) is 0 Å². The van der Waals surface area contributed by atoms with Crippen molar-refractivity contribution < 1.29 is 0 Å². The smallest absolute Gasteiger partial charge is 0.0962 e. The maximum atomic E-state index is 8.87. The molecule has 0 radical (unpaired) electrons. The summed E-state index contributed by atoms with van der Waals surface area (Å²) in [6.45, 7) is 4.33. The van der Waals surface area contributed by atoms with E-state index in [1.165, 1.54) is 42.0 Å². The van der Waals surface area contributed by atoms with Crippen molar-refractivity contribution in [3.63, 3.8) is 0 Å². The molecule has 0 saturated heterocycles. The summed E-state index contributed by atoms with van der Waals surface area (Å²) in [6.07, 6.45) is 7.17. The Morgan fingerprint density at radius 1 is 1.35 bits per heavy atom. The van der Waals surface area contributed by atoms with Crippen LogP contribution in [-0.4, -0.2) is 4.98 Å². The molecule has 0 amide bonds. The molecule has 17 heavy (non-hydrogen) atoms. The molecule has 0 aliphatic heterocycles. The summed E-state index contributed by atoms with van der Waals surface area (Å²) in [7, 11) is 0. The van der Waals surface area contributed by atoms with E-state index in [0.29, 0.717) is 18.3 Å². The van der Waals surface area contributed by atoms with Crippen molar-refractivity contribution in [2.24, 2.45) is 0 Å². The Bertz CT molecular complexity index is 408. The third-order valence-corrected chi connectivity index (χ3v) is 4.72. The Morgan fingerprint density at radius 2 is 2.06 bits per heavy atom. The van der Waals surface area contributed by atoms with Crippen LogP contribution in [0.3, 0.4) is 0 Å². The van der Waals surface area contributed by atoms with Crippen molar-refractivity contribution in [3.8, 4) is 6.07 Å². The Hall–Kier alpha value is -0.880.